The highest BCUT2D eigenvalue weighted by Gasteiger charge is 2.42. The number of thiocarbonyl (C=S) groups is 1. The van der Waals surface area contributed by atoms with Crippen molar-refractivity contribution in [3.05, 3.63) is 28.7 Å². The molecule has 1 atom stereocenters. The van der Waals surface area contributed by atoms with Crippen LogP contribution in [0, 0.1) is 5.92 Å². The number of carbonyl (C=O) groups is 2. The smallest absolute Gasteiger partial charge is 0.327 e. The maximum Gasteiger partial charge on any atom is 0.327 e. The molecule has 8 heteroatoms. The Balaban J connectivity index is 2.43. The lowest BCUT2D eigenvalue weighted by molar-refractivity contribution is -0.146. The Labute approximate surface area is 155 Å². The summed E-state index contributed by atoms with van der Waals surface area (Å²) < 4.78 is 10.8. The first-order valence-corrected chi connectivity index (χ1v) is 8.75. The Hall–Kier alpha value is -2.06. The first-order valence-electron chi connectivity index (χ1n) is 7.52. The van der Waals surface area contributed by atoms with Gasteiger partial charge in [0.25, 0.3) is 5.91 Å². The summed E-state index contributed by atoms with van der Waals surface area (Å²) in [5, 5.41) is 9.45. The number of methoxy groups -OCH3 is 2. The number of amides is 1. The predicted octanol–water partition coefficient (Wildman–Crippen LogP) is 3.01. The standard InChI is InChI=1S/C17H19NO5S2/c1-9(2)13(16(20)21)18-15(19)12(25-17(18)24)8-10-6-5-7-11(22-3)14(10)23-4/h5-9,13H,1-4H3,(H,20,21)/b12-8-. The fraction of sp³-hybridized carbons (Fsp3) is 0.353. The molecular formula is C17H19NO5S2. The number of thioether (sulfide) groups is 1. The molecule has 0 saturated carbocycles. The minimum absolute atomic E-state index is 0.235. The van der Waals surface area contributed by atoms with Gasteiger partial charge < -0.3 is 14.6 Å². The van der Waals surface area contributed by atoms with Gasteiger partial charge in [0.15, 0.2) is 11.5 Å². The lowest BCUT2D eigenvalue weighted by atomic mass is 10.0. The molecule has 1 aromatic rings. The van der Waals surface area contributed by atoms with Gasteiger partial charge in [-0.1, -0.05) is 50.0 Å². The van der Waals surface area contributed by atoms with E-state index in [0.29, 0.717) is 22.0 Å². The second kappa shape index (κ2) is 7.88. The minimum Gasteiger partial charge on any atom is -0.493 e. The highest BCUT2D eigenvalue weighted by atomic mass is 32.2. The number of nitrogens with zero attached hydrogens (tertiary/aromatic N) is 1. The fourth-order valence-electron chi connectivity index (χ4n) is 2.58. The average molecular weight is 381 g/mol. The van der Waals surface area contributed by atoms with Crippen LogP contribution in [0.25, 0.3) is 6.08 Å². The first kappa shape index (κ1) is 19.3. The summed E-state index contributed by atoms with van der Waals surface area (Å²) in [6.07, 6.45) is 1.64. The van der Waals surface area contributed by atoms with E-state index in [1.54, 1.807) is 38.1 Å². The summed E-state index contributed by atoms with van der Waals surface area (Å²) in [4.78, 5) is 25.8. The van der Waals surface area contributed by atoms with E-state index in [1.807, 2.05) is 0 Å². The third-order valence-corrected chi connectivity index (χ3v) is 5.04. The molecule has 1 fully saturated rings. The second-order valence-corrected chi connectivity index (χ2v) is 7.34. The van der Waals surface area contributed by atoms with Crippen LogP contribution in [0.4, 0.5) is 0 Å². The summed E-state index contributed by atoms with van der Waals surface area (Å²) >= 11 is 6.33. The Morgan fingerprint density at radius 2 is 2.00 bits per heavy atom. The fourth-order valence-corrected chi connectivity index (χ4v) is 3.90. The monoisotopic (exact) mass is 381 g/mol. The van der Waals surface area contributed by atoms with E-state index < -0.39 is 17.9 Å². The van der Waals surface area contributed by atoms with Crippen LogP contribution in [0.1, 0.15) is 19.4 Å². The van der Waals surface area contributed by atoms with Crippen molar-refractivity contribution in [1.29, 1.82) is 0 Å². The number of aliphatic carboxylic acids is 1. The van der Waals surface area contributed by atoms with E-state index in [1.165, 1.54) is 19.1 Å². The number of rotatable bonds is 6. The number of ether oxygens (including phenoxy) is 2. The lowest BCUT2D eigenvalue weighted by Gasteiger charge is -2.26. The molecular weight excluding hydrogens is 362 g/mol. The Bertz CT molecular complexity index is 745. The topological polar surface area (TPSA) is 76.1 Å². The number of carboxylic acid groups (broad SMARTS) is 1. The van der Waals surface area contributed by atoms with Crippen LogP contribution >= 0.6 is 24.0 Å². The van der Waals surface area contributed by atoms with Crippen molar-refractivity contribution in [2.45, 2.75) is 19.9 Å². The third kappa shape index (κ3) is 3.80. The van der Waals surface area contributed by atoms with Gasteiger partial charge in [-0.05, 0) is 18.1 Å². The lowest BCUT2D eigenvalue weighted by Crippen LogP contribution is -2.47. The average Bonchev–Trinajstić information content (AvgIpc) is 2.82. The van der Waals surface area contributed by atoms with Gasteiger partial charge in [-0.15, -0.1) is 0 Å². The van der Waals surface area contributed by atoms with Crippen molar-refractivity contribution >= 4 is 46.3 Å². The largest absolute Gasteiger partial charge is 0.493 e. The maximum absolute atomic E-state index is 12.7. The molecule has 1 saturated heterocycles. The van der Waals surface area contributed by atoms with Gasteiger partial charge in [0.2, 0.25) is 0 Å². The van der Waals surface area contributed by atoms with Crippen LogP contribution in [-0.4, -0.2) is 46.5 Å². The number of benzene rings is 1. The Morgan fingerprint density at radius 1 is 1.32 bits per heavy atom. The molecule has 1 aromatic carbocycles. The van der Waals surface area contributed by atoms with E-state index in [-0.39, 0.29) is 10.2 Å². The number of hydrogen-bond donors (Lipinski definition) is 1. The second-order valence-electron chi connectivity index (χ2n) is 5.66. The maximum atomic E-state index is 12.7. The Morgan fingerprint density at radius 3 is 2.52 bits per heavy atom. The van der Waals surface area contributed by atoms with Crippen molar-refractivity contribution in [3.8, 4) is 11.5 Å². The summed E-state index contributed by atoms with van der Waals surface area (Å²) in [7, 11) is 3.04. The molecule has 0 aliphatic carbocycles. The Kier molecular flexibility index (Phi) is 6.07. The molecule has 0 aromatic heterocycles. The van der Waals surface area contributed by atoms with Gasteiger partial charge in [-0.2, -0.15) is 0 Å². The zero-order chi connectivity index (χ0) is 18.7. The first-order chi connectivity index (χ1) is 11.8. The molecule has 1 amide bonds. The van der Waals surface area contributed by atoms with Crippen molar-refractivity contribution in [1.82, 2.24) is 4.90 Å². The summed E-state index contributed by atoms with van der Waals surface area (Å²) in [5.74, 6) is -0.732. The molecule has 2 rings (SSSR count). The summed E-state index contributed by atoms with van der Waals surface area (Å²) in [5.41, 5.74) is 0.652. The van der Waals surface area contributed by atoms with Crippen LogP contribution in [0.2, 0.25) is 0 Å². The highest BCUT2D eigenvalue weighted by Crippen LogP contribution is 2.38. The minimum atomic E-state index is -1.08. The van der Waals surface area contributed by atoms with E-state index in [9.17, 15) is 14.7 Å². The molecule has 25 heavy (non-hydrogen) atoms. The van der Waals surface area contributed by atoms with Gasteiger partial charge >= 0.3 is 5.97 Å². The zero-order valence-corrected chi connectivity index (χ0v) is 15.9. The van der Waals surface area contributed by atoms with Gasteiger partial charge in [0.05, 0.1) is 19.1 Å². The van der Waals surface area contributed by atoms with Crippen molar-refractivity contribution < 1.29 is 24.2 Å². The van der Waals surface area contributed by atoms with Crippen molar-refractivity contribution in [2.24, 2.45) is 5.92 Å². The quantitative estimate of drug-likeness (QED) is 0.599. The van der Waals surface area contributed by atoms with E-state index in [0.717, 1.165) is 11.8 Å². The predicted molar refractivity (Wildman–Crippen MR) is 101 cm³/mol. The molecule has 0 bridgehead atoms. The van der Waals surface area contributed by atoms with Crippen LogP contribution < -0.4 is 9.47 Å². The summed E-state index contributed by atoms with van der Waals surface area (Å²) in [6.45, 7) is 3.48. The number of para-hydroxylation sites is 1. The normalized spacial score (nSPS) is 17.3. The van der Waals surface area contributed by atoms with E-state index in [4.69, 9.17) is 21.7 Å². The van der Waals surface area contributed by atoms with Gasteiger partial charge in [-0.25, -0.2) is 4.79 Å². The molecule has 6 nitrogen and oxygen atoms in total. The van der Waals surface area contributed by atoms with Crippen LogP contribution in [0.3, 0.4) is 0 Å². The molecule has 1 aliphatic heterocycles. The molecule has 1 aliphatic rings. The molecule has 1 N–H and O–H groups in total. The molecule has 1 heterocycles. The van der Waals surface area contributed by atoms with Crippen LogP contribution in [0.5, 0.6) is 11.5 Å². The molecule has 134 valence electrons. The van der Waals surface area contributed by atoms with Gasteiger partial charge in [-0.3, -0.25) is 9.69 Å². The van der Waals surface area contributed by atoms with E-state index in [2.05, 4.69) is 0 Å². The number of hydrogen-bond acceptors (Lipinski definition) is 6. The van der Waals surface area contributed by atoms with E-state index >= 15 is 0 Å². The molecule has 0 spiro atoms. The third-order valence-electron chi connectivity index (χ3n) is 3.71. The van der Waals surface area contributed by atoms with Crippen LogP contribution in [0.15, 0.2) is 23.1 Å². The summed E-state index contributed by atoms with van der Waals surface area (Å²) in [6, 6.07) is 4.32. The zero-order valence-electron chi connectivity index (χ0n) is 14.3. The van der Waals surface area contributed by atoms with Gasteiger partial charge in [0, 0.05) is 5.56 Å². The molecule has 0 radical (unpaired) electrons. The van der Waals surface area contributed by atoms with Crippen molar-refractivity contribution in [2.75, 3.05) is 14.2 Å². The SMILES string of the molecule is COc1cccc(/C=C2\SC(=S)N(C(C(=O)O)C(C)C)C2=O)c1OC. The number of carboxylic acids is 1. The van der Waals surface area contributed by atoms with Gasteiger partial charge in [0.1, 0.15) is 10.4 Å². The van der Waals surface area contributed by atoms with Crippen LogP contribution in [-0.2, 0) is 9.59 Å². The molecule has 1 unspecified atom stereocenters. The van der Waals surface area contributed by atoms with Crippen molar-refractivity contribution in [3.63, 3.8) is 0 Å². The number of carbonyl (C=O) groups excluding carboxylic acids is 1. The highest BCUT2D eigenvalue weighted by molar-refractivity contribution is 8.26.